The Balaban J connectivity index is 2.00. The Kier molecular flexibility index (Phi) is 3.51. The number of ether oxygens (including phenoxy) is 3. The van der Waals surface area contributed by atoms with Crippen LogP contribution in [0.1, 0.15) is 11.1 Å². The van der Waals surface area contributed by atoms with Crippen LogP contribution in [-0.2, 0) is 35.9 Å². The van der Waals surface area contributed by atoms with Crippen LogP contribution in [-0.4, -0.2) is 57.9 Å². The predicted octanol–water partition coefficient (Wildman–Crippen LogP) is 0.897. The van der Waals surface area contributed by atoms with Crippen molar-refractivity contribution in [3.63, 3.8) is 0 Å². The Morgan fingerprint density at radius 3 is 2.67 bits per heavy atom. The number of hydrogen-bond acceptors (Lipinski definition) is 7. The van der Waals surface area contributed by atoms with E-state index in [0.29, 0.717) is 6.07 Å². The summed E-state index contributed by atoms with van der Waals surface area (Å²) in [5.41, 5.74) is -3.08. The first-order chi connectivity index (χ1) is 12.5. The van der Waals surface area contributed by atoms with Crippen LogP contribution >= 0.6 is 0 Å². The van der Waals surface area contributed by atoms with Crippen molar-refractivity contribution in [1.29, 1.82) is 0 Å². The molecule has 0 N–H and O–H groups in total. The zero-order valence-electron chi connectivity index (χ0n) is 14.0. The van der Waals surface area contributed by atoms with Gasteiger partial charge in [0.05, 0.1) is 17.5 Å². The van der Waals surface area contributed by atoms with Crippen molar-refractivity contribution < 1.29 is 40.6 Å². The van der Waals surface area contributed by atoms with E-state index < -0.39 is 55.3 Å². The predicted molar refractivity (Wildman–Crippen MR) is 82.8 cm³/mol. The topological polar surface area (TPSA) is 97.8 Å². The second-order valence-corrected chi connectivity index (χ2v) is 8.26. The smallest absolute Gasteiger partial charge is 0.417 e. The summed E-state index contributed by atoms with van der Waals surface area (Å²) in [6.07, 6.45) is -3.72. The van der Waals surface area contributed by atoms with E-state index in [-0.39, 0.29) is 12.2 Å². The molecule has 2 unspecified atom stereocenters. The summed E-state index contributed by atoms with van der Waals surface area (Å²) < 4.78 is 81.0. The van der Waals surface area contributed by atoms with Gasteiger partial charge in [0.25, 0.3) is 5.79 Å². The average Bonchev–Trinajstić information content (AvgIpc) is 3.28. The molecule has 0 aliphatic carbocycles. The normalized spacial score (nSPS) is 31.1. The van der Waals surface area contributed by atoms with E-state index in [1.165, 1.54) is 20.4 Å². The second-order valence-electron chi connectivity index (χ2n) is 6.22. The molecule has 146 valence electrons. The Hall–Kier alpha value is -2.18. The van der Waals surface area contributed by atoms with Crippen molar-refractivity contribution in [2.24, 2.45) is 5.10 Å². The SMILES string of the molecule is COC12OC1(c1ccc(C(F)(F)F)c3c1OCCS3(=O)=O)C=NN(C)C2=O. The van der Waals surface area contributed by atoms with Gasteiger partial charge in [0.2, 0.25) is 5.60 Å². The molecule has 0 bridgehead atoms. The molecule has 4 rings (SSSR count). The van der Waals surface area contributed by atoms with Crippen LogP contribution in [0.15, 0.2) is 22.1 Å². The van der Waals surface area contributed by atoms with Crippen LogP contribution in [0.4, 0.5) is 13.2 Å². The number of hydrogen-bond donors (Lipinski definition) is 0. The molecule has 3 aliphatic rings. The monoisotopic (exact) mass is 406 g/mol. The zero-order chi connectivity index (χ0) is 19.8. The molecular weight excluding hydrogens is 393 g/mol. The fourth-order valence-corrected chi connectivity index (χ4v) is 4.89. The third kappa shape index (κ3) is 2.20. The summed E-state index contributed by atoms with van der Waals surface area (Å²) >= 11 is 0. The molecule has 0 radical (unpaired) electrons. The number of likely N-dealkylation sites (N-methyl/N-ethyl adjacent to an activating group) is 1. The lowest BCUT2D eigenvalue weighted by Gasteiger charge is -2.28. The molecule has 27 heavy (non-hydrogen) atoms. The number of rotatable bonds is 2. The number of sulfone groups is 1. The number of epoxide rings is 1. The maximum Gasteiger partial charge on any atom is 0.417 e. The molecule has 8 nitrogen and oxygen atoms in total. The lowest BCUT2D eigenvalue weighted by Crippen LogP contribution is -2.46. The van der Waals surface area contributed by atoms with Crippen LogP contribution in [0.25, 0.3) is 0 Å². The van der Waals surface area contributed by atoms with Crippen LogP contribution in [0.3, 0.4) is 0 Å². The lowest BCUT2D eigenvalue weighted by atomic mass is 9.90. The number of carbonyl (C=O) groups excluding carboxylic acids is 1. The number of benzene rings is 1. The van der Waals surface area contributed by atoms with Crippen LogP contribution in [0.5, 0.6) is 5.75 Å². The molecule has 12 heteroatoms. The summed E-state index contributed by atoms with van der Waals surface area (Å²) in [5.74, 6) is -3.62. The molecule has 3 aliphatic heterocycles. The van der Waals surface area contributed by atoms with E-state index in [4.69, 9.17) is 14.2 Å². The molecular formula is C15H13F3N2O6S. The van der Waals surface area contributed by atoms with E-state index in [1.54, 1.807) is 0 Å². The van der Waals surface area contributed by atoms with Gasteiger partial charge in [-0.3, -0.25) is 4.79 Å². The highest BCUT2D eigenvalue weighted by Gasteiger charge is 2.80. The van der Waals surface area contributed by atoms with E-state index in [0.717, 1.165) is 11.1 Å². The summed E-state index contributed by atoms with van der Waals surface area (Å²) in [6, 6.07) is 1.65. The minimum absolute atomic E-state index is 0.0687. The van der Waals surface area contributed by atoms with Gasteiger partial charge in [-0.05, 0) is 6.07 Å². The molecule has 0 saturated carbocycles. The molecule has 0 spiro atoms. The second kappa shape index (κ2) is 5.20. The van der Waals surface area contributed by atoms with E-state index in [9.17, 15) is 26.4 Å². The van der Waals surface area contributed by atoms with Gasteiger partial charge in [-0.15, -0.1) is 0 Å². The fourth-order valence-electron chi connectivity index (χ4n) is 3.42. The first kappa shape index (κ1) is 18.2. The lowest BCUT2D eigenvalue weighted by molar-refractivity contribution is -0.153. The number of nitrogens with zero attached hydrogens (tertiary/aromatic N) is 2. The quantitative estimate of drug-likeness (QED) is 0.677. The highest BCUT2D eigenvalue weighted by molar-refractivity contribution is 7.91. The third-order valence-corrected chi connectivity index (χ3v) is 6.49. The maximum atomic E-state index is 13.4. The Labute approximate surface area is 151 Å². The van der Waals surface area contributed by atoms with Gasteiger partial charge >= 0.3 is 12.1 Å². The first-order valence-corrected chi connectivity index (χ1v) is 9.34. The van der Waals surface area contributed by atoms with E-state index in [1.807, 2.05) is 0 Å². The van der Waals surface area contributed by atoms with Gasteiger partial charge in [0, 0.05) is 19.7 Å². The van der Waals surface area contributed by atoms with Crippen molar-refractivity contribution in [2.45, 2.75) is 22.5 Å². The summed E-state index contributed by atoms with van der Waals surface area (Å²) in [4.78, 5) is 11.5. The molecule has 1 aromatic rings. The largest absolute Gasteiger partial charge is 0.491 e. The highest BCUT2D eigenvalue weighted by Crippen LogP contribution is 2.61. The van der Waals surface area contributed by atoms with Crippen LogP contribution < -0.4 is 4.74 Å². The Morgan fingerprint density at radius 1 is 1.33 bits per heavy atom. The molecule has 2 atom stereocenters. The van der Waals surface area contributed by atoms with Gasteiger partial charge in [0.1, 0.15) is 17.3 Å². The van der Waals surface area contributed by atoms with Gasteiger partial charge in [-0.1, -0.05) is 6.07 Å². The standard InChI is InChI=1S/C15H13F3N2O6S/c1-20-12(21)14(24-2)13(26-14,7-19-20)8-3-4-9(15(16,17)18)11-10(8)25-5-6-27(11,22)23/h3-4,7H,5-6H2,1-2H3. The molecule has 1 aromatic carbocycles. The number of halogens is 3. The van der Waals surface area contributed by atoms with Crippen LogP contribution in [0.2, 0.25) is 0 Å². The van der Waals surface area contributed by atoms with Crippen molar-refractivity contribution >= 4 is 22.0 Å². The van der Waals surface area contributed by atoms with Gasteiger partial charge in [-0.25, -0.2) is 13.4 Å². The number of methoxy groups -OCH3 is 1. The van der Waals surface area contributed by atoms with Gasteiger partial charge in [0.15, 0.2) is 9.84 Å². The van der Waals surface area contributed by atoms with Crippen molar-refractivity contribution in [2.75, 3.05) is 26.5 Å². The maximum absolute atomic E-state index is 13.4. The van der Waals surface area contributed by atoms with E-state index >= 15 is 0 Å². The minimum atomic E-state index is -4.91. The molecule has 1 saturated heterocycles. The van der Waals surface area contributed by atoms with Crippen molar-refractivity contribution in [3.8, 4) is 5.75 Å². The average molecular weight is 406 g/mol. The summed E-state index contributed by atoms with van der Waals surface area (Å²) in [5, 5.41) is 4.82. The number of amides is 1. The molecule has 3 heterocycles. The summed E-state index contributed by atoms with van der Waals surface area (Å²) in [7, 11) is -1.71. The molecule has 1 fully saturated rings. The Bertz CT molecular complexity index is 992. The first-order valence-electron chi connectivity index (χ1n) is 7.69. The zero-order valence-corrected chi connectivity index (χ0v) is 14.8. The minimum Gasteiger partial charge on any atom is -0.491 e. The molecule has 1 amide bonds. The van der Waals surface area contributed by atoms with Crippen molar-refractivity contribution in [1.82, 2.24) is 5.01 Å². The molecule has 0 aromatic heterocycles. The number of alkyl halides is 3. The fraction of sp³-hybridized carbons (Fsp3) is 0.467. The third-order valence-electron chi connectivity index (χ3n) is 4.75. The number of hydrazone groups is 1. The van der Waals surface area contributed by atoms with Gasteiger partial charge in [-0.2, -0.15) is 18.3 Å². The Morgan fingerprint density at radius 2 is 2.04 bits per heavy atom. The highest BCUT2D eigenvalue weighted by atomic mass is 32.2. The van der Waals surface area contributed by atoms with E-state index in [2.05, 4.69) is 5.10 Å². The number of fused-ring (bicyclic) bond motifs is 2. The van der Waals surface area contributed by atoms with Crippen molar-refractivity contribution in [3.05, 3.63) is 23.3 Å². The van der Waals surface area contributed by atoms with Crippen LogP contribution in [0, 0.1) is 0 Å². The number of carbonyl (C=O) groups is 1. The summed E-state index contributed by atoms with van der Waals surface area (Å²) in [6.45, 7) is -0.329. The van der Waals surface area contributed by atoms with Gasteiger partial charge < -0.3 is 14.2 Å².